The molecular weight excluding hydrogens is 639 g/mol. The Bertz CT molecular complexity index is 2200. The molecule has 1 heteroatoms. The van der Waals surface area contributed by atoms with Crippen molar-refractivity contribution < 1.29 is 0 Å². The molecule has 0 aliphatic heterocycles. The zero-order chi connectivity index (χ0) is 36.5. The number of hydrogen-bond acceptors (Lipinski definition) is 1. The summed E-state index contributed by atoms with van der Waals surface area (Å²) in [7, 11) is 0. The van der Waals surface area contributed by atoms with Crippen LogP contribution >= 0.6 is 0 Å². The highest BCUT2D eigenvalue weighted by molar-refractivity contribution is 5.86. The molecule has 0 aromatic heterocycles. The van der Waals surface area contributed by atoms with Gasteiger partial charge < -0.3 is 4.90 Å². The summed E-state index contributed by atoms with van der Waals surface area (Å²) in [4.78, 5) is 2.48. The molecule has 5 aromatic rings. The standard InChI is InChI=1S/C52H57N/c1-49(2,3)37-15-19-41(20-16-37)53(42-21-23-47-48(32-42)51(6,7)25-24-50(47,4)5)40-17-12-35(13-18-40)36-14-22-46-44(31-36)43-10-8-9-11-45(43)52(46)38-27-33-26-34(29-38)30-39(52)28-33/h8-23,31-34,38-39H,24-30H2,1-7H3. The molecule has 0 saturated heterocycles. The Labute approximate surface area is 318 Å². The SMILES string of the molecule is CC(C)(C)c1ccc(N(c2ccc(-c3ccc4c(c3)-c3ccccc3C43C4CC5CC(C4)CC3C5)cc2)c2ccc3c(c2)C(C)(C)CCC3(C)C)cc1. The zero-order valence-corrected chi connectivity index (χ0v) is 33.1. The van der Waals surface area contributed by atoms with E-state index in [-0.39, 0.29) is 21.7 Å². The maximum Gasteiger partial charge on any atom is 0.0464 e. The van der Waals surface area contributed by atoms with E-state index in [0.29, 0.717) is 0 Å². The fourth-order valence-electron chi connectivity index (χ4n) is 12.4. The van der Waals surface area contributed by atoms with Gasteiger partial charge in [-0.05, 0) is 177 Å². The molecule has 270 valence electrons. The van der Waals surface area contributed by atoms with Crippen LogP contribution in [-0.2, 0) is 21.7 Å². The molecule has 0 unspecified atom stereocenters. The van der Waals surface area contributed by atoms with Crippen LogP contribution in [0.3, 0.4) is 0 Å². The summed E-state index contributed by atoms with van der Waals surface area (Å²) in [5.74, 6) is 3.53. The molecule has 0 heterocycles. The highest BCUT2D eigenvalue weighted by atomic mass is 15.1. The van der Waals surface area contributed by atoms with Gasteiger partial charge in [-0.3, -0.25) is 0 Å². The molecule has 1 spiro atoms. The molecule has 11 rings (SSSR count). The topological polar surface area (TPSA) is 3.24 Å². The Hall–Kier alpha value is -4.10. The summed E-state index contributed by atoms with van der Waals surface area (Å²) in [5.41, 5.74) is 17.5. The van der Waals surface area contributed by atoms with E-state index >= 15 is 0 Å². The summed E-state index contributed by atoms with van der Waals surface area (Å²) >= 11 is 0. The number of fused-ring (bicyclic) bond motifs is 4. The average molecular weight is 696 g/mol. The van der Waals surface area contributed by atoms with Crippen molar-refractivity contribution in [1.82, 2.24) is 0 Å². The van der Waals surface area contributed by atoms with Crippen molar-refractivity contribution in [1.29, 1.82) is 0 Å². The van der Waals surface area contributed by atoms with Crippen molar-refractivity contribution >= 4 is 17.1 Å². The molecule has 1 nitrogen and oxygen atoms in total. The van der Waals surface area contributed by atoms with E-state index in [0.717, 1.165) is 23.7 Å². The Morgan fingerprint density at radius 3 is 1.66 bits per heavy atom. The number of benzene rings is 5. The molecule has 53 heavy (non-hydrogen) atoms. The Morgan fingerprint density at radius 1 is 0.491 bits per heavy atom. The summed E-state index contributed by atoms with van der Waals surface area (Å²) in [6.45, 7) is 16.6. The Morgan fingerprint density at radius 2 is 1.02 bits per heavy atom. The van der Waals surface area contributed by atoms with Crippen molar-refractivity contribution in [2.24, 2.45) is 23.7 Å². The smallest absolute Gasteiger partial charge is 0.0464 e. The molecule has 0 radical (unpaired) electrons. The van der Waals surface area contributed by atoms with Crippen LogP contribution < -0.4 is 4.90 Å². The van der Waals surface area contributed by atoms with Gasteiger partial charge in [-0.1, -0.05) is 115 Å². The molecule has 0 N–H and O–H groups in total. The lowest BCUT2D eigenvalue weighted by Gasteiger charge is -2.61. The van der Waals surface area contributed by atoms with Gasteiger partial charge in [0.1, 0.15) is 0 Å². The van der Waals surface area contributed by atoms with Gasteiger partial charge in [-0.2, -0.15) is 0 Å². The van der Waals surface area contributed by atoms with Gasteiger partial charge in [0.15, 0.2) is 0 Å². The fraction of sp³-hybridized carbons (Fsp3) is 0.423. The van der Waals surface area contributed by atoms with Gasteiger partial charge in [-0.15, -0.1) is 0 Å². The van der Waals surface area contributed by atoms with Crippen LogP contribution in [0.4, 0.5) is 17.1 Å². The first-order valence-corrected chi connectivity index (χ1v) is 20.7. The first kappa shape index (κ1) is 33.5. The van der Waals surface area contributed by atoms with Crippen LogP contribution in [0.2, 0.25) is 0 Å². The third-order valence-electron chi connectivity index (χ3n) is 15.1. The monoisotopic (exact) mass is 695 g/mol. The molecule has 5 aromatic carbocycles. The summed E-state index contributed by atoms with van der Waals surface area (Å²) in [5, 5.41) is 0. The first-order chi connectivity index (χ1) is 25.3. The minimum Gasteiger partial charge on any atom is -0.310 e. The summed E-state index contributed by atoms with van der Waals surface area (Å²) in [6, 6.07) is 43.0. The van der Waals surface area contributed by atoms with Crippen LogP contribution in [0.25, 0.3) is 22.3 Å². The number of anilines is 3. The van der Waals surface area contributed by atoms with Crippen LogP contribution in [0.5, 0.6) is 0 Å². The third-order valence-corrected chi connectivity index (χ3v) is 15.1. The van der Waals surface area contributed by atoms with Gasteiger partial charge in [0.05, 0.1) is 0 Å². The molecule has 0 amide bonds. The zero-order valence-electron chi connectivity index (χ0n) is 33.1. The van der Waals surface area contributed by atoms with Gasteiger partial charge >= 0.3 is 0 Å². The van der Waals surface area contributed by atoms with Crippen LogP contribution in [-0.4, -0.2) is 0 Å². The van der Waals surface area contributed by atoms with Crippen LogP contribution in [0.15, 0.2) is 109 Å². The lowest BCUT2D eigenvalue weighted by molar-refractivity contribution is -0.0399. The van der Waals surface area contributed by atoms with Gasteiger partial charge in [-0.25, -0.2) is 0 Å². The van der Waals surface area contributed by atoms with Crippen LogP contribution in [0.1, 0.15) is 121 Å². The molecular formula is C52H57N. The summed E-state index contributed by atoms with van der Waals surface area (Å²) in [6.07, 6.45) is 9.65. The Balaban J connectivity index is 1.05. The minimum absolute atomic E-state index is 0.110. The van der Waals surface area contributed by atoms with Crippen LogP contribution in [0, 0.1) is 23.7 Å². The van der Waals surface area contributed by atoms with Gasteiger partial charge in [0.2, 0.25) is 0 Å². The highest BCUT2D eigenvalue weighted by Gasteiger charge is 2.61. The second kappa shape index (κ2) is 11.5. The predicted molar refractivity (Wildman–Crippen MR) is 224 cm³/mol. The van der Waals surface area contributed by atoms with Crippen molar-refractivity contribution in [3.63, 3.8) is 0 Å². The van der Waals surface area contributed by atoms with Crippen molar-refractivity contribution in [3.8, 4) is 22.3 Å². The van der Waals surface area contributed by atoms with E-state index in [1.165, 1.54) is 101 Å². The molecule has 4 saturated carbocycles. The van der Waals surface area contributed by atoms with Gasteiger partial charge in [0, 0.05) is 22.5 Å². The summed E-state index contributed by atoms with van der Waals surface area (Å²) < 4.78 is 0. The van der Waals surface area contributed by atoms with E-state index < -0.39 is 0 Å². The van der Waals surface area contributed by atoms with E-state index in [1.807, 2.05) is 0 Å². The molecule has 6 aliphatic rings. The van der Waals surface area contributed by atoms with Crippen molar-refractivity contribution in [3.05, 3.63) is 137 Å². The number of nitrogens with zero attached hydrogens (tertiary/aromatic N) is 1. The van der Waals surface area contributed by atoms with E-state index in [2.05, 4.69) is 163 Å². The number of rotatable bonds is 4. The molecule has 4 bridgehead atoms. The highest BCUT2D eigenvalue weighted by Crippen LogP contribution is 2.69. The van der Waals surface area contributed by atoms with E-state index in [4.69, 9.17) is 0 Å². The average Bonchev–Trinajstić information content (AvgIpc) is 3.43. The van der Waals surface area contributed by atoms with Crippen molar-refractivity contribution in [2.75, 3.05) is 4.90 Å². The third kappa shape index (κ3) is 5.01. The number of hydrogen-bond donors (Lipinski definition) is 0. The predicted octanol–water partition coefficient (Wildman–Crippen LogP) is 14.2. The second-order valence-corrected chi connectivity index (χ2v) is 20.2. The van der Waals surface area contributed by atoms with Crippen molar-refractivity contribution in [2.45, 2.75) is 115 Å². The molecule has 6 aliphatic carbocycles. The normalized spacial score (nSPS) is 27.0. The maximum absolute atomic E-state index is 2.56. The molecule has 0 atom stereocenters. The fourth-order valence-corrected chi connectivity index (χ4v) is 12.4. The minimum atomic E-state index is 0.110. The maximum atomic E-state index is 2.56. The first-order valence-electron chi connectivity index (χ1n) is 20.7. The second-order valence-electron chi connectivity index (χ2n) is 20.2. The lowest BCUT2D eigenvalue weighted by atomic mass is 9.43. The van der Waals surface area contributed by atoms with E-state index in [1.54, 1.807) is 11.1 Å². The van der Waals surface area contributed by atoms with Gasteiger partial charge in [0.25, 0.3) is 0 Å². The lowest BCUT2D eigenvalue weighted by Crippen LogP contribution is -2.55. The Kier molecular flexibility index (Phi) is 7.23. The van der Waals surface area contributed by atoms with E-state index in [9.17, 15) is 0 Å². The largest absolute Gasteiger partial charge is 0.310 e. The quantitative estimate of drug-likeness (QED) is 0.181. The molecule has 4 fully saturated rings.